The lowest BCUT2D eigenvalue weighted by Crippen LogP contribution is -2.40. The number of rotatable bonds is 8. The normalized spacial score (nSPS) is 27.2. The molecule has 1 aliphatic heterocycles. The van der Waals surface area contributed by atoms with Crippen LogP contribution in [-0.4, -0.2) is 63.2 Å². The highest BCUT2D eigenvalue weighted by molar-refractivity contribution is 5.81. The van der Waals surface area contributed by atoms with Gasteiger partial charge in [0.05, 0.1) is 6.10 Å². The number of carbonyl (C=O) groups excluding carboxylic acids is 2. The van der Waals surface area contributed by atoms with Gasteiger partial charge < -0.3 is 20.3 Å². The minimum atomic E-state index is 0.0594. The topological polar surface area (TPSA) is 70.7 Å². The fourth-order valence-electron chi connectivity index (χ4n) is 3.53. The van der Waals surface area contributed by atoms with Crippen molar-refractivity contribution in [1.29, 1.82) is 0 Å². The number of nitrogens with zero attached hydrogens (tertiary/aromatic N) is 1. The van der Waals surface area contributed by atoms with Gasteiger partial charge in [0.1, 0.15) is 0 Å². The molecule has 1 heterocycles. The van der Waals surface area contributed by atoms with Crippen LogP contribution in [0.3, 0.4) is 0 Å². The first-order valence-electron chi connectivity index (χ1n) is 9.38. The van der Waals surface area contributed by atoms with E-state index in [1.807, 2.05) is 14.1 Å². The largest absolute Gasteiger partial charge is 0.376 e. The summed E-state index contributed by atoms with van der Waals surface area (Å²) >= 11 is 0. The average Bonchev–Trinajstić information content (AvgIpc) is 3.10. The minimum absolute atomic E-state index is 0.0594. The van der Waals surface area contributed by atoms with E-state index in [2.05, 4.69) is 15.5 Å². The van der Waals surface area contributed by atoms with E-state index < -0.39 is 0 Å². The fourth-order valence-corrected chi connectivity index (χ4v) is 3.53. The predicted octanol–water partition coefficient (Wildman–Crippen LogP) is 1.16. The van der Waals surface area contributed by atoms with Crippen molar-refractivity contribution in [3.05, 3.63) is 0 Å². The zero-order chi connectivity index (χ0) is 17.4. The van der Waals surface area contributed by atoms with Crippen LogP contribution in [-0.2, 0) is 14.3 Å². The van der Waals surface area contributed by atoms with E-state index in [0.717, 1.165) is 64.6 Å². The van der Waals surface area contributed by atoms with E-state index in [0.29, 0.717) is 6.54 Å². The molecule has 0 spiro atoms. The molecule has 6 nitrogen and oxygen atoms in total. The minimum Gasteiger partial charge on any atom is -0.376 e. The quantitative estimate of drug-likeness (QED) is 0.651. The van der Waals surface area contributed by atoms with Gasteiger partial charge in [-0.25, -0.2) is 0 Å². The summed E-state index contributed by atoms with van der Waals surface area (Å²) in [5, 5.41) is 6.05. The van der Waals surface area contributed by atoms with Gasteiger partial charge in [0.2, 0.25) is 11.8 Å². The molecule has 138 valence electrons. The molecule has 2 fully saturated rings. The first kappa shape index (κ1) is 19.2. The van der Waals surface area contributed by atoms with Gasteiger partial charge >= 0.3 is 0 Å². The number of hydrogen-bond donors (Lipinski definition) is 2. The first-order chi connectivity index (χ1) is 11.6. The van der Waals surface area contributed by atoms with Gasteiger partial charge in [-0.1, -0.05) is 0 Å². The number of nitrogens with one attached hydrogen (secondary N) is 2. The Morgan fingerprint density at radius 1 is 1.00 bits per heavy atom. The van der Waals surface area contributed by atoms with Crippen molar-refractivity contribution in [3.63, 3.8) is 0 Å². The monoisotopic (exact) mass is 339 g/mol. The number of amides is 2. The Morgan fingerprint density at radius 3 is 2.17 bits per heavy atom. The molecule has 0 aromatic carbocycles. The molecule has 0 bridgehead atoms. The summed E-state index contributed by atoms with van der Waals surface area (Å²) in [5.41, 5.74) is 0. The van der Waals surface area contributed by atoms with Gasteiger partial charge in [-0.15, -0.1) is 0 Å². The molecule has 2 amide bonds. The molecule has 1 saturated carbocycles. The van der Waals surface area contributed by atoms with Crippen molar-refractivity contribution in [3.8, 4) is 0 Å². The highest BCUT2D eigenvalue weighted by Gasteiger charge is 2.30. The Hall–Kier alpha value is -1.14. The summed E-state index contributed by atoms with van der Waals surface area (Å²) in [6, 6.07) is 0. The standard InChI is InChI=1S/C18H33N3O3/c1-21(2)11-4-10-19-17(22)14-6-8-15(9-7-14)18(23)20-13-16-5-3-12-24-16/h14-16H,3-13H2,1-2H3,(H,19,22)(H,20,23). The smallest absolute Gasteiger partial charge is 0.223 e. The lowest BCUT2D eigenvalue weighted by atomic mass is 9.81. The molecule has 1 saturated heterocycles. The number of ether oxygens (including phenoxy) is 1. The molecule has 1 aliphatic carbocycles. The van der Waals surface area contributed by atoms with Gasteiger partial charge in [-0.3, -0.25) is 9.59 Å². The summed E-state index contributed by atoms with van der Waals surface area (Å²) in [5.74, 6) is 0.429. The number of hydrogen-bond acceptors (Lipinski definition) is 4. The molecular weight excluding hydrogens is 306 g/mol. The molecule has 0 aromatic rings. The second-order valence-corrected chi connectivity index (χ2v) is 7.38. The third-order valence-corrected chi connectivity index (χ3v) is 5.08. The molecule has 1 atom stereocenters. The molecular formula is C18H33N3O3. The Balaban J connectivity index is 1.59. The van der Waals surface area contributed by atoms with Crippen molar-refractivity contribution >= 4 is 11.8 Å². The van der Waals surface area contributed by atoms with Crippen LogP contribution in [0, 0.1) is 11.8 Å². The summed E-state index contributed by atoms with van der Waals surface area (Å²) < 4.78 is 5.53. The van der Waals surface area contributed by atoms with Crippen LogP contribution in [0.1, 0.15) is 44.9 Å². The summed E-state index contributed by atoms with van der Waals surface area (Å²) in [6.07, 6.45) is 6.56. The average molecular weight is 339 g/mol. The van der Waals surface area contributed by atoms with Crippen molar-refractivity contribution in [2.45, 2.75) is 51.0 Å². The maximum absolute atomic E-state index is 12.2. The van der Waals surface area contributed by atoms with Gasteiger partial charge in [0.15, 0.2) is 0 Å². The van der Waals surface area contributed by atoms with Crippen molar-refractivity contribution in [2.75, 3.05) is 40.3 Å². The molecule has 2 rings (SSSR count). The second-order valence-electron chi connectivity index (χ2n) is 7.38. The second kappa shape index (κ2) is 9.99. The van der Waals surface area contributed by atoms with Crippen LogP contribution in [0.15, 0.2) is 0 Å². The van der Waals surface area contributed by atoms with Gasteiger partial charge in [-0.05, 0) is 65.6 Å². The Labute approximate surface area is 145 Å². The van der Waals surface area contributed by atoms with Crippen LogP contribution >= 0.6 is 0 Å². The van der Waals surface area contributed by atoms with Gasteiger partial charge in [0.25, 0.3) is 0 Å². The van der Waals surface area contributed by atoms with E-state index in [4.69, 9.17) is 4.74 Å². The zero-order valence-electron chi connectivity index (χ0n) is 15.2. The van der Waals surface area contributed by atoms with E-state index in [1.54, 1.807) is 0 Å². The van der Waals surface area contributed by atoms with Crippen LogP contribution < -0.4 is 10.6 Å². The zero-order valence-corrected chi connectivity index (χ0v) is 15.2. The van der Waals surface area contributed by atoms with Crippen LogP contribution in [0.4, 0.5) is 0 Å². The molecule has 24 heavy (non-hydrogen) atoms. The molecule has 0 aromatic heterocycles. The van der Waals surface area contributed by atoms with Crippen molar-refractivity contribution in [1.82, 2.24) is 15.5 Å². The third kappa shape index (κ3) is 6.40. The van der Waals surface area contributed by atoms with E-state index >= 15 is 0 Å². The van der Waals surface area contributed by atoms with Crippen molar-refractivity contribution in [2.24, 2.45) is 11.8 Å². The Kier molecular flexibility index (Phi) is 7.99. The lowest BCUT2D eigenvalue weighted by Gasteiger charge is -2.27. The fraction of sp³-hybridized carbons (Fsp3) is 0.889. The van der Waals surface area contributed by atoms with Crippen LogP contribution in [0.2, 0.25) is 0 Å². The van der Waals surface area contributed by atoms with E-state index in [-0.39, 0.29) is 29.8 Å². The van der Waals surface area contributed by atoms with Crippen molar-refractivity contribution < 1.29 is 14.3 Å². The van der Waals surface area contributed by atoms with E-state index in [9.17, 15) is 9.59 Å². The summed E-state index contributed by atoms with van der Waals surface area (Å²) in [7, 11) is 4.07. The van der Waals surface area contributed by atoms with Crippen LogP contribution in [0.25, 0.3) is 0 Å². The van der Waals surface area contributed by atoms with E-state index in [1.165, 1.54) is 0 Å². The Morgan fingerprint density at radius 2 is 1.62 bits per heavy atom. The molecule has 2 aliphatic rings. The maximum Gasteiger partial charge on any atom is 0.223 e. The SMILES string of the molecule is CN(C)CCCNC(=O)C1CCC(C(=O)NCC2CCCO2)CC1. The molecule has 0 radical (unpaired) electrons. The molecule has 1 unspecified atom stereocenters. The third-order valence-electron chi connectivity index (χ3n) is 5.08. The summed E-state index contributed by atoms with van der Waals surface area (Å²) in [6.45, 7) is 3.16. The predicted molar refractivity (Wildman–Crippen MR) is 93.6 cm³/mol. The van der Waals surface area contributed by atoms with Crippen LogP contribution in [0.5, 0.6) is 0 Å². The number of carbonyl (C=O) groups is 2. The molecule has 6 heteroatoms. The highest BCUT2D eigenvalue weighted by atomic mass is 16.5. The highest BCUT2D eigenvalue weighted by Crippen LogP contribution is 2.29. The Bertz CT molecular complexity index is 400. The lowest BCUT2D eigenvalue weighted by molar-refractivity contribution is -0.130. The first-order valence-corrected chi connectivity index (χ1v) is 9.38. The summed E-state index contributed by atoms with van der Waals surface area (Å²) in [4.78, 5) is 26.5. The molecule has 2 N–H and O–H groups in total. The van der Waals surface area contributed by atoms with Gasteiger partial charge in [-0.2, -0.15) is 0 Å². The maximum atomic E-state index is 12.2. The van der Waals surface area contributed by atoms with Gasteiger partial charge in [0, 0.05) is 31.5 Å².